The lowest BCUT2D eigenvalue weighted by molar-refractivity contribution is 0.276. The van der Waals surface area contributed by atoms with Gasteiger partial charge in [-0.05, 0) is 18.2 Å². The molecule has 0 aliphatic carbocycles. The maximum absolute atomic E-state index is 13.6. The molecule has 0 fully saturated rings. The van der Waals surface area contributed by atoms with Crippen LogP contribution in [0.15, 0.2) is 29.4 Å². The quantitative estimate of drug-likeness (QED) is 0.800. The average Bonchev–Trinajstić information content (AvgIpc) is 2.72. The fraction of sp³-hybridized carbons (Fsp3) is 0.200. The smallest absolute Gasteiger partial charge is 0.261 e. The molecule has 9 heteroatoms. The minimum absolute atomic E-state index is 0.0143. The van der Waals surface area contributed by atoms with Crippen molar-refractivity contribution in [2.45, 2.75) is 11.5 Å². The molecular weight excluding hydrogens is 297 g/mol. The third-order valence-electron chi connectivity index (χ3n) is 2.35. The number of nitrogens with zero attached hydrogens (tertiary/aromatic N) is 3. The summed E-state index contributed by atoms with van der Waals surface area (Å²) in [5, 5.41) is 7.41. The van der Waals surface area contributed by atoms with Crippen molar-refractivity contribution in [2.75, 3.05) is 0 Å². The van der Waals surface area contributed by atoms with Crippen LogP contribution in [0.4, 0.5) is 4.39 Å². The predicted molar refractivity (Wildman–Crippen MR) is 64.8 cm³/mol. The molecule has 102 valence electrons. The van der Waals surface area contributed by atoms with Gasteiger partial charge in [0.2, 0.25) is 0 Å². The molecule has 0 aliphatic rings. The monoisotopic (exact) mass is 305 g/mol. The highest BCUT2D eigenvalue weighted by atomic mass is 35.7. The first kappa shape index (κ1) is 13.8. The van der Waals surface area contributed by atoms with Crippen LogP contribution in [0.5, 0.6) is 5.75 Å². The maximum atomic E-state index is 13.6. The zero-order chi connectivity index (χ0) is 14.0. The minimum Gasteiger partial charge on any atom is -0.483 e. The first-order chi connectivity index (χ1) is 8.88. The molecule has 0 unspecified atom stereocenters. The minimum atomic E-state index is -3.96. The summed E-state index contributed by atoms with van der Waals surface area (Å²) in [5.41, 5.74) is 0. The molecule has 2 aromatic rings. The number of hydrogen-bond acceptors (Lipinski definition) is 5. The molecule has 0 atom stereocenters. The molecular formula is C10H9ClFN3O3S. The molecule has 0 saturated heterocycles. The van der Waals surface area contributed by atoms with E-state index >= 15 is 0 Å². The van der Waals surface area contributed by atoms with Gasteiger partial charge in [0.15, 0.2) is 17.4 Å². The van der Waals surface area contributed by atoms with Crippen LogP contribution in [0.3, 0.4) is 0 Å². The van der Waals surface area contributed by atoms with Gasteiger partial charge in [-0.3, -0.25) is 0 Å². The van der Waals surface area contributed by atoms with E-state index in [4.69, 9.17) is 15.4 Å². The molecule has 0 spiro atoms. The second-order valence-electron chi connectivity index (χ2n) is 3.68. The highest BCUT2D eigenvalue weighted by molar-refractivity contribution is 8.13. The molecule has 0 bridgehead atoms. The summed E-state index contributed by atoms with van der Waals surface area (Å²) < 4.78 is 42.5. The molecule has 2 rings (SSSR count). The maximum Gasteiger partial charge on any atom is 0.261 e. The van der Waals surface area contributed by atoms with Gasteiger partial charge in [-0.2, -0.15) is 0 Å². The van der Waals surface area contributed by atoms with Crippen molar-refractivity contribution < 1.29 is 17.5 Å². The van der Waals surface area contributed by atoms with Crippen LogP contribution in [-0.2, 0) is 22.7 Å². The van der Waals surface area contributed by atoms with E-state index in [0.717, 1.165) is 12.1 Å². The molecule has 1 heterocycles. The van der Waals surface area contributed by atoms with Gasteiger partial charge in [0.25, 0.3) is 9.05 Å². The Morgan fingerprint density at radius 3 is 2.74 bits per heavy atom. The lowest BCUT2D eigenvalue weighted by Gasteiger charge is -2.07. The van der Waals surface area contributed by atoms with E-state index in [2.05, 4.69) is 10.2 Å². The van der Waals surface area contributed by atoms with Gasteiger partial charge in [-0.1, -0.05) is 0 Å². The molecule has 1 aromatic heterocycles. The molecule has 0 aliphatic heterocycles. The molecule has 0 amide bonds. The lowest BCUT2D eigenvalue weighted by atomic mass is 10.3. The van der Waals surface area contributed by atoms with Crippen LogP contribution in [0, 0.1) is 5.82 Å². The van der Waals surface area contributed by atoms with E-state index in [0.29, 0.717) is 5.82 Å². The number of aryl methyl sites for hydroxylation is 1. The van der Waals surface area contributed by atoms with Crippen molar-refractivity contribution >= 4 is 19.7 Å². The van der Waals surface area contributed by atoms with Gasteiger partial charge in [0.1, 0.15) is 12.9 Å². The van der Waals surface area contributed by atoms with E-state index in [9.17, 15) is 12.8 Å². The van der Waals surface area contributed by atoms with Crippen molar-refractivity contribution in [3.63, 3.8) is 0 Å². The predicted octanol–water partition coefficient (Wildman–Crippen LogP) is 1.46. The van der Waals surface area contributed by atoms with Gasteiger partial charge >= 0.3 is 0 Å². The van der Waals surface area contributed by atoms with Gasteiger partial charge < -0.3 is 9.30 Å². The summed E-state index contributed by atoms with van der Waals surface area (Å²) in [5.74, 6) is -0.399. The van der Waals surface area contributed by atoms with E-state index in [1.807, 2.05) is 0 Å². The Kier molecular flexibility index (Phi) is 3.72. The van der Waals surface area contributed by atoms with Crippen molar-refractivity contribution in [1.82, 2.24) is 14.8 Å². The Labute approximate surface area is 113 Å². The van der Waals surface area contributed by atoms with E-state index in [1.165, 1.54) is 12.4 Å². The summed E-state index contributed by atoms with van der Waals surface area (Å²) in [6.45, 7) is 0.0143. The Bertz CT molecular complexity index is 702. The van der Waals surface area contributed by atoms with Crippen LogP contribution >= 0.6 is 10.7 Å². The Morgan fingerprint density at radius 2 is 2.21 bits per heavy atom. The molecule has 1 aromatic carbocycles. The molecule has 6 nitrogen and oxygen atoms in total. The summed E-state index contributed by atoms with van der Waals surface area (Å²) in [4.78, 5) is -0.322. The number of benzene rings is 1. The van der Waals surface area contributed by atoms with Gasteiger partial charge in [-0.15, -0.1) is 10.2 Å². The fourth-order valence-corrected chi connectivity index (χ4v) is 2.09. The van der Waals surface area contributed by atoms with Crippen molar-refractivity contribution in [1.29, 1.82) is 0 Å². The van der Waals surface area contributed by atoms with Crippen LogP contribution in [0.1, 0.15) is 5.82 Å². The number of hydrogen-bond donors (Lipinski definition) is 0. The molecule has 19 heavy (non-hydrogen) atoms. The van der Waals surface area contributed by atoms with Gasteiger partial charge in [-0.25, -0.2) is 12.8 Å². The molecule has 0 N–H and O–H groups in total. The molecule has 0 saturated carbocycles. The van der Waals surface area contributed by atoms with Crippen LogP contribution in [0.25, 0.3) is 0 Å². The number of halogens is 2. The zero-order valence-corrected chi connectivity index (χ0v) is 11.3. The first-order valence-corrected chi connectivity index (χ1v) is 7.39. The van der Waals surface area contributed by atoms with Crippen LogP contribution in [0.2, 0.25) is 0 Å². The fourth-order valence-electron chi connectivity index (χ4n) is 1.33. The largest absolute Gasteiger partial charge is 0.483 e. The summed E-state index contributed by atoms with van der Waals surface area (Å²) in [7, 11) is 2.87. The number of rotatable bonds is 4. The Balaban J connectivity index is 2.16. The second kappa shape index (κ2) is 5.14. The highest BCUT2D eigenvalue weighted by Crippen LogP contribution is 2.23. The highest BCUT2D eigenvalue weighted by Gasteiger charge is 2.14. The zero-order valence-electron chi connectivity index (χ0n) is 9.75. The number of aromatic nitrogens is 3. The molecule has 0 radical (unpaired) electrons. The summed E-state index contributed by atoms with van der Waals surface area (Å²) in [6, 6.07) is 3.16. The SMILES string of the molecule is Cn1cnnc1COc1ccc(S(=O)(=O)Cl)cc1F. The van der Waals surface area contributed by atoms with Gasteiger partial charge in [0, 0.05) is 17.7 Å². The van der Waals surface area contributed by atoms with Crippen LogP contribution in [-0.4, -0.2) is 23.2 Å². The van der Waals surface area contributed by atoms with E-state index in [-0.39, 0.29) is 17.3 Å². The normalized spacial score (nSPS) is 11.5. The Morgan fingerprint density at radius 1 is 1.47 bits per heavy atom. The summed E-state index contributed by atoms with van der Waals surface area (Å²) >= 11 is 0. The third kappa shape index (κ3) is 3.21. The average molecular weight is 306 g/mol. The van der Waals surface area contributed by atoms with Crippen molar-refractivity contribution in [3.8, 4) is 5.75 Å². The second-order valence-corrected chi connectivity index (χ2v) is 6.24. The third-order valence-corrected chi connectivity index (χ3v) is 3.70. The lowest BCUT2D eigenvalue weighted by Crippen LogP contribution is -2.04. The first-order valence-electron chi connectivity index (χ1n) is 5.08. The standard InChI is InChI=1S/C10H9ClFN3O3S/c1-15-6-13-14-10(15)5-18-9-3-2-7(4-8(9)12)19(11,16)17/h2-4,6H,5H2,1H3. The van der Waals surface area contributed by atoms with Gasteiger partial charge in [0.05, 0.1) is 4.90 Å². The topological polar surface area (TPSA) is 74.1 Å². The van der Waals surface area contributed by atoms with E-state index < -0.39 is 14.9 Å². The Hall–Kier alpha value is -1.67. The van der Waals surface area contributed by atoms with E-state index in [1.54, 1.807) is 11.6 Å². The van der Waals surface area contributed by atoms with Crippen LogP contribution < -0.4 is 4.74 Å². The van der Waals surface area contributed by atoms with Crippen molar-refractivity contribution in [3.05, 3.63) is 36.2 Å². The van der Waals surface area contributed by atoms with Crippen molar-refractivity contribution in [2.24, 2.45) is 7.05 Å². The number of ether oxygens (including phenoxy) is 1. The summed E-state index contributed by atoms with van der Waals surface area (Å²) in [6.07, 6.45) is 1.48.